The highest BCUT2D eigenvalue weighted by atomic mass is 35.5. The molecule has 2 heterocycles. The van der Waals surface area contributed by atoms with Gasteiger partial charge in [0.05, 0.1) is 12.2 Å². The van der Waals surface area contributed by atoms with Crippen molar-refractivity contribution < 1.29 is 4.74 Å². The number of hydrogen-bond acceptors (Lipinski definition) is 3. The van der Waals surface area contributed by atoms with E-state index in [1.165, 1.54) is 0 Å². The second-order valence-corrected chi connectivity index (χ2v) is 4.75. The highest BCUT2D eigenvalue weighted by Crippen LogP contribution is 2.23. The number of rotatable bonds is 1. The summed E-state index contributed by atoms with van der Waals surface area (Å²) in [6.07, 6.45) is 1.74. The second kappa shape index (κ2) is 3.99. The third kappa shape index (κ3) is 2.61. The molecule has 0 bridgehead atoms. The quantitative estimate of drug-likeness (QED) is 0.688. The third-order valence-electron chi connectivity index (χ3n) is 2.50. The van der Waals surface area contributed by atoms with Crippen LogP contribution in [0.15, 0.2) is 18.3 Å². The molecule has 0 aliphatic carbocycles. The Labute approximate surface area is 95.0 Å². The first-order valence-corrected chi connectivity index (χ1v) is 5.45. The van der Waals surface area contributed by atoms with Crippen LogP contribution in [0.2, 0.25) is 5.15 Å². The van der Waals surface area contributed by atoms with Crippen LogP contribution in [0, 0.1) is 0 Å². The molecule has 0 aromatic carbocycles. The van der Waals surface area contributed by atoms with Gasteiger partial charge in [0.15, 0.2) is 0 Å². The Bertz CT molecular complexity index is 354. The molecule has 0 spiro atoms. The van der Waals surface area contributed by atoms with Crippen LogP contribution < -0.4 is 4.90 Å². The van der Waals surface area contributed by atoms with Crippen LogP contribution in [0.3, 0.4) is 0 Å². The first-order chi connectivity index (χ1) is 7.07. The number of ether oxygens (including phenoxy) is 1. The van der Waals surface area contributed by atoms with Gasteiger partial charge in [-0.05, 0) is 26.0 Å². The smallest absolute Gasteiger partial charge is 0.131 e. The van der Waals surface area contributed by atoms with Crippen LogP contribution in [0.1, 0.15) is 13.8 Å². The van der Waals surface area contributed by atoms with Gasteiger partial charge in [-0.15, -0.1) is 0 Å². The monoisotopic (exact) mass is 226 g/mol. The fourth-order valence-corrected chi connectivity index (χ4v) is 1.99. The predicted octanol–water partition coefficient (Wildman–Crippen LogP) is 2.35. The highest BCUT2D eigenvalue weighted by Gasteiger charge is 2.27. The maximum atomic E-state index is 5.87. The van der Waals surface area contributed by atoms with Crippen molar-refractivity contribution in [3.8, 4) is 0 Å². The van der Waals surface area contributed by atoms with Gasteiger partial charge >= 0.3 is 0 Å². The lowest BCUT2D eigenvalue weighted by Gasteiger charge is -2.39. The van der Waals surface area contributed by atoms with E-state index in [-0.39, 0.29) is 5.60 Å². The van der Waals surface area contributed by atoms with E-state index in [0.29, 0.717) is 5.15 Å². The number of halogens is 1. The van der Waals surface area contributed by atoms with Gasteiger partial charge in [0, 0.05) is 25.0 Å². The normalized spacial score (nSPS) is 20.3. The summed E-state index contributed by atoms with van der Waals surface area (Å²) in [5.41, 5.74) is 1.03. The largest absolute Gasteiger partial charge is 0.372 e. The van der Waals surface area contributed by atoms with E-state index < -0.39 is 0 Å². The molecular formula is C11H15ClN2O. The summed E-state index contributed by atoms with van der Waals surface area (Å²) >= 11 is 5.87. The summed E-state index contributed by atoms with van der Waals surface area (Å²) in [5.74, 6) is 0. The summed E-state index contributed by atoms with van der Waals surface area (Å²) < 4.78 is 5.66. The van der Waals surface area contributed by atoms with Gasteiger partial charge in [0.25, 0.3) is 0 Å². The van der Waals surface area contributed by atoms with Crippen LogP contribution >= 0.6 is 11.6 Å². The molecule has 15 heavy (non-hydrogen) atoms. The number of hydrogen-bond donors (Lipinski definition) is 0. The fraction of sp³-hybridized carbons (Fsp3) is 0.545. The zero-order valence-electron chi connectivity index (χ0n) is 9.03. The van der Waals surface area contributed by atoms with Crippen molar-refractivity contribution in [3.63, 3.8) is 0 Å². The number of anilines is 1. The molecule has 0 saturated carbocycles. The molecule has 1 aliphatic heterocycles. The van der Waals surface area contributed by atoms with Gasteiger partial charge < -0.3 is 9.64 Å². The molecule has 1 fully saturated rings. The van der Waals surface area contributed by atoms with Crippen molar-refractivity contribution in [1.82, 2.24) is 4.98 Å². The molecule has 0 radical (unpaired) electrons. The van der Waals surface area contributed by atoms with E-state index in [0.717, 1.165) is 25.4 Å². The molecule has 3 nitrogen and oxygen atoms in total. The van der Waals surface area contributed by atoms with Crippen LogP contribution in [-0.4, -0.2) is 30.3 Å². The van der Waals surface area contributed by atoms with Gasteiger partial charge in [-0.2, -0.15) is 0 Å². The first-order valence-electron chi connectivity index (χ1n) is 5.07. The van der Waals surface area contributed by atoms with E-state index in [4.69, 9.17) is 16.3 Å². The van der Waals surface area contributed by atoms with Gasteiger partial charge in [0.2, 0.25) is 0 Å². The molecule has 1 aliphatic rings. The van der Waals surface area contributed by atoms with Crippen molar-refractivity contribution in [2.45, 2.75) is 19.4 Å². The van der Waals surface area contributed by atoms with Gasteiger partial charge in [-0.3, -0.25) is 0 Å². The van der Waals surface area contributed by atoms with Crippen LogP contribution in [0.5, 0.6) is 0 Å². The van der Waals surface area contributed by atoms with Crippen molar-refractivity contribution in [1.29, 1.82) is 0 Å². The average molecular weight is 227 g/mol. The Hall–Kier alpha value is -0.800. The summed E-state index contributed by atoms with van der Waals surface area (Å²) in [7, 11) is 0. The van der Waals surface area contributed by atoms with E-state index in [2.05, 4.69) is 23.7 Å². The summed E-state index contributed by atoms with van der Waals surface area (Å²) in [6, 6.07) is 3.87. The van der Waals surface area contributed by atoms with Crippen molar-refractivity contribution in [2.75, 3.05) is 24.6 Å². The molecule has 0 amide bonds. The Morgan fingerprint density at radius 2 is 2.33 bits per heavy atom. The van der Waals surface area contributed by atoms with E-state index >= 15 is 0 Å². The number of pyridine rings is 1. The standard InChI is InChI=1S/C11H15ClN2O/c1-11(2)8-14(5-6-15-11)9-3-4-13-10(12)7-9/h3-4,7H,5-6,8H2,1-2H3. The van der Waals surface area contributed by atoms with Crippen LogP contribution in [-0.2, 0) is 4.74 Å². The van der Waals surface area contributed by atoms with Crippen molar-refractivity contribution in [3.05, 3.63) is 23.5 Å². The predicted molar refractivity (Wildman–Crippen MR) is 61.5 cm³/mol. The molecule has 0 N–H and O–H groups in total. The topological polar surface area (TPSA) is 25.4 Å². The minimum absolute atomic E-state index is 0.0893. The van der Waals surface area contributed by atoms with E-state index in [9.17, 15) is 0 Å². The minimum Gasteiger partial charge on any atom is -0.372 e. The second-order valence-electron chi connectivity index (χ2n) is 4.37. The Kier molecular flexibility index (Phi) is 2.85. The third-order valence-corrected chi connectivity index (χ3v) is 2.71. The maximum absolute atomic E-state index is 5.87. The molecule has 0 atom stereocenters. The zero-order chi connectivity index (χ0) is 10.9. The van der Waals surface area contributed by atoms with Crippen LogP contribution in [0.25, 0.3) is 0 Å². The Morgan fingerprint density at radius 3 is 3.00 bits per heavy atom. The SMILES string of the molecule is CC1(C)CN(c2ccnc(Cl)c2)CCO1. The first kappa shape index (κ1) is 10.7. The molecule has 2 rings (SSSR count). The zero-order valence-corrected chi connectivity index (χ0v) is 9.79. The number of nitrogens with zero attached hydrogens (tertiary/aromatic N) is 2. The molecule has 1 aromatic heterocycles. The highest BCUT2D eigenvalue weighted by molar-refractivity contribution is 6.29. The van der Waals surface area contributed by atoms with Gasteiger partial charge in [0.1, 0.15) is 5.15 Å². The summed E-state index contributed by atoms with van der Waals surface area (Å²) in [4.78, 5) is 6.25. The fourth-order valence-electron chi connectivity index (χ4n) is 1.83. The molecular weight excluding hydrogens is 212 g/mol. The molecule has 4 heteroatoms. The van der Waals surface area contributed by atoms with E-state index in [1.54, 1.807) is 6.20 Å². The lowest BCUT2D eigenvalue weighted by atomic mass is 10.1. The Balaban J connectivity index is 2.17. The summed E-state index contributed by atoms with van der Waals surface area (Å²) in [5, 5.41) is 0.539. The van der Waals surface area contributed by atoms with Gasteiger partial charge in [-0.25, -0.2) is 4.98 Å². The number of aromatic nitrogens is 1. The lowest BCUT2D eigenvalue weighted by Crippen LogP contribution is -2.48. The average Bonchev–Trinajstić information content (AvgIpc) is 2.16. The maximum Gasteiger partial charge on any atom is 0.131 e. The lowest BCUT2D eigenvalue weighted by molar-refractivity contribution is -0.0276. The summed E-state index contributed by atoms with van der Waals surface area (Å²) in [6.45, 7) is 6.74. The Morgan fingerprint density at radius 1 is 1.53 bits per heavy atom. The van der Waals surface area contributed by atoms with E-state index in [1.807, 2.05) is 12.1 Å². The van der Waals surface area contributed by atoms with Crippen LogP contribution in [0.4, 0.5) is 5.69 Å². The van der Waals surface area contributed by atoms with Gasteiger partial charge in [-0.1, -0.05) is 11.6 Å². The molecule has 0 unspecified atom stereocenters. The minimum atomic E-state index is -0.0893. The van der Waals surface area contributed by atoms with Crippen molar-refractivity contribution >= 4 is 17.3 Å². The molecule has 1 saturated heterocycles. The van der Waals surface area contributed by atoms with Crippen molar-refractivity contribution in [2.24, 2.45) is 0 Å². The molecule has 82 valence electrons. The molecule has 1 aromatic rings. The number of morpholine rings is 1.